The number of amidine groups is 1. The number of oxime groups is 1. The minimum Gasteiger partial charge on any atom is -0.372 e. The van der Waals surface area contributed by atoms with Gasteiger partial charge in [0, 0.05) is 17.0 Å². The number of thiophene rings is 1. The summed E-state index contributed by atoms with van der Waals surface area (Å²) in [6, 6.07) is 5.66. The third-order valence-corrected chi connectivity index (χ3v) is 8.79. The van der Waals surface area contributed by atoms with Gasteiger partial charge in [-0.3, -0.25) is 4.79 Å². The van der Waals surface area contributed by atoms with Gasteiger partial charge in [0.1, 0.15) is 11.4 Å². The molecule has 37 heavy (non-hydrogen) atoms. The third-order valence-electron chi connectivity index (χ3n) is 7.08. The van der Waals surface area contributed by atoms with E-state index in [1.165, 1.54) is 11.3 Å². The van der Waals surface area contributed by atoms with Crippen molar-refractivity contribution in [2.24, 2.45) is 5.16 Å². The van der Waals surface area contributed by atoms with Crippen LogP contribution in [0.2, 0.25) is 10.0 Å². The van der Waals surface area contributed by atoms with Crippen molar-refractivity contribution in [1.82, 2.24) is 10.2 Å². The van der Waals surface area contributed by atoms with Crippen LogP contribution in [0, 0.1) is 17.1 Å². The molecule has 2 aliphatic heterocycles. The van der Waals surface area contributed by atoms with E-state index in [1.807, 2.05) is 0 Å². The fourth-order valence-corrected chi connectivity index (χ4v) is 6.58. The molecule has 0 spiro atoms. The summed E-state index contributed by atoms with van der Waals surface area (Å²) >= 11 is 12.8. The highest BCUT2D eigenvalue weighted by molar-refractivity contribution is 7.14. The molecule has 0 bridgehead atoms. The molecule has 0 radical (unpaired) electrons. The molecule has 1 unspecified atom stereocenters. The first kappa shape index (κ1) is 26.1. The van der Waals surface area contributed by atoms with Crippen molar-refractivity contribution >= 4 is 46.3 Å². The van der Waals surface area contributed by atoms with Gasteiger partial charge in [-0.2, -0.15) is 18.4 Å². The molecule has 1 fully saturated rings. The van der Waals surface area contributed by atoms with Crippen LogP contribution in [0.5, 0.6) is 0 Å². The van der Waals surface area contributed by atoms with Crippen molar-refractivity contribution in [3.63, 3.8) is 0 Å². The molecular weight excluding hydrogens is 555 g/mol. The SMILES string of the molecule is N#CC1(NC(=O)c2cc3c(s2)CN(C2=NOC(c4cc(Cl)c(F)c(Cl)c4)(C(F)(F)F)C2)C3)CCCCC1. The van der Waals surface area contributed by atoms with Crippen LogP contribution in [0.1, 0.15) is 64.2 Å². The molecule has 196 valence electrons. The zero-order chi connectivity index (χ0) is 26.6. The number of carbonyl (C=O) groups excluding carboxylic acids is 1. The molecule has 1 amide bonds. The number of nitrogens with zero attached hydrogens (tertiary/aromatic N) is 3. The van der Waals surface area contributed by atoms with Crippen molar-refractivity contribution in [2.45, 2.75) is 68.9 Å². The van der Waals surface area contributed by atoms with Gasteiger partial charge in [-0.25, -0.2) is 4.39 Å². The summed E-state index contributed by atoms with van der Waals surface area (Å²) in [6.45, 7) is 0.487. The van der Waals surface area contributed by atoms with Gasteiger partial charge in [-0.15, -0.1) is 11.3 Å². The summed E-state index contributed by atoms with van der Waals surface area (Å²) < 4.78 is 56.6. The molecular formula is C24H20Cl2F4N4O2S. The second-order valence-electron chi connectivity index (χ2n) is 9.48. The van der Waals surface area contributed by atoms with E-state index >= 15 is 0 Å². The maximum Gasteiger partial charge on any atom is 0.435 e. The Bertz CT molecular complexity index is 1290. The van der Waals surface area contributed by atoms with Crippen molar-refractivity contribution in [2.75, 3.05) is 0 Å². The maximum atomic E-state index is 14.3. The Morgan fingerprint density at radius 1 is 1.16 bits per heavy atom. The number of nitrogens with one attached hydrogen (secondary N) is 1. The van der Waals surface area contributed by atoms with E-state index in [1.54, 1.807) is 11.0 Å². The summed E-state index contributed by atoms with van der Waals surface area (Å²) in [5.74, 6) is -1.28. The Balaban J connectivity index is 1.31. The Morgan fingerprint density at radius 3 is 2.43 bits per heavy atom. The minimum atomic E-state index is -4.89. The van der Waals surface area contributed by atoms with E-state index in [-0.39, 0.29) is 24.8 Å². The molecule has 1 aromatic carbocycles. The van der Waals surface area contributed by atoms with E-state index < -0.39 is 45.2 Å². The van der Waals surface area contributed by atoms with Gasteiger partial charge in [0.2, 0.25) is 0 Å². The lowest BCUT2D eigenvalue weighted by molar-refractivity contribution is -0.275. The molecule has 0 saturated heterocycles. The molecule has 1 saturated carbocycles. The normalized spacial score (nSPS) is 22.7. The van der Waals surface area contributed by atoms with Crippen LogP contribution in [0.4, 0.5) is 17.6 Å². The lowest BCUT2D eigenvalue weighted by Crippen LogP contribution is -2.48. The molecule has 5 rings (SSSR count). The fraction of sp³-hybridized carbons (Fsp3) is 0.458. The Hall–Kier alpha value is -2.55. The van der Waals surface area contributed by atoms with Gasteiger partial charge in [-0.1, -0.05) is 47.6 Å². The number of hydrogen-bond acceptors (Lipinski definition) is 6. The number of amides is 1. The second kappa shape index (κ2) is 9.33. The Kier molecular flexibility index (Phi) is 6.57. The average Bonchev–Trinajstić information content (AvgIpc) is 3.56. The summed E-state index contributed by atoms with van der Waals surface area (Å²) in [5.41, 5.74) is -3.38. The van der Waals surface area contributed by atoms with Crippen LogP contribution in [0.25, 0.3) is 0 Å². The van der Waals surface area contributed by atoms with Crippen molar-refractivity contribution < 1.29 is 27.2 Å². The zero-order valence-corrected chi connectivity index (χ0v) is 21.6. The van der Waals surface area contributed by atoms with Crippen molar-refractivity contribution in [3.05, 3.63) is 54.9 Å². The van der Waals surface area contributed by atoms with Crippen LogP contribution >= 0.6 is 34.5 Å². The summed E-state index contributed by atoms with van der Waals surface area (Å²) in [6.07, 6.45) is -1.53. The molecule has 1 aromatic heterocycles. The number of hydrogen-bond donors (Lipinski definition) is 1. The van der Waals surface area contributed by atoms with Crippen LogP contribution < -0.4 is 5.32 Å². The van der Waals surface area contributed by atoms with Crippen LogP contribution in [0.15, 0.2) is 23.4 Å². The van der Waals surface area contributed by atoms with E-state index in [9.17, 15) is 27.6 Å². The smallest absolute Gasteiger partial charge is 0.372 e. The monoisotopic (exact) mass is 574 g/mol. The van der Waals surface area contributed by atoms with Gasteiger partial charge >= 0.3 is 6.18 Å². The molecule has 3 aliphatic rings. The molecule has 6 nitrogen and oxygen atoms in total. The molecule has 2 aromatic rings. The first-order valence-corrected chi connectivity index (χ1v) is 13.1. The van der Waals surface area contributed by atoms with Gasteiger partial charge in [-0.05, 0) is 36.6 Å². The van der Waals surface area contributed by atoms with E-state index in [4.69, 9.17) is 28.0 Å². The predicted molar refractivity (Wildman–Crippen MR) is 130 cm³/mol. The van der Waals surface area contributed by atoms with Crippen molar-refractivity contribution in [1.29, 1.82) is 5.26 Å². The topological polar surface area (TPSA) is 77.7 Å². The quantitative estimate of drug-likeness (QED) is 0.328. The highest BCUT2D eigenvalue weighted by Gasteiger charge is 2.63. The second-order valence-corrected chi connectivity index (χ2v) is 11.4. The number of halogens is 6. The lowest BCUT2D eigenvalue weighted by Gasteiger charge is -2.31. The number of alkyl halides is 3. The van der Waals surface area contributed by atoms with Gasteiger partial charge in [0.05, 0.1) is 34.0 Å². The maximum absolute atomic E-state index is 14.3. The van der Waals surface area contributed by atoms with Crippen LogP contribution in [-0.2, 0) is 23.5 Å². The summed E-state index contributed by atoms with van der Waals surface area (Å²) in [4.78, 5) is 20.8. The molecule has 1 N–H and O–H groups in total. The highest BCUT2D eigenvalue weighted by Crippen LogP contribution is 2.50. The van der Waals surface area contributed by atoms with E-state index in [0.717, 1.165) is 41.8 Å². The summed E-state index contributed by atoms with van der Waals surface area (Å²) in [7, 11) is 0. The first-order chi connectivity index (χ1) is 17.5. The van der Waals surface area contributed by atoms with Crippen LogP contribution in [-0.4, -0.2) is 28.4 Å². The number of benzene rings is 1. The largest absolute Gasteiger partial charge is 0.435 e. The van der Waals surface area contributed by atoms with E-state index in [0.29, 0.717) is 17.7 Å². The number of nitriles is 1. The zero-order valence-electron chi connectivity index (χ0n) is 19.2. The summed E-state index contributed by atoms with van der Waals surface area (Å²) in [5, 5.41) is 15.2. The minimum absolute atomic E-state index is 0.0638. The van der Waals surface area contributed by atoms with Crippen molar-refractivity contribution in [3.8, 4) is 6.07 Å². The molecule has 3 heterocycles. The van der Waals surface area contributed by atoms with Gasteiger partial charge < -0.3 is 15.1 Å². The standard InChI is InChI=1S/C24H20Cl2F4N4O2S/c25-15-7-14(8-16(26)20(15)27)23(24(28,29)30)9-19(33-36-23)34-10-13-6-17(37-18(13)11-34)21(35)32-22(12-31)4-2-1-3-5-22/h6-8H,1-5,9-11H2,(H,32,35). The number of rotatable bonds is 3. The predicted octanol–water partition coefficient (Wildman–Crippen LogP) is 6.66. The lowest BCUT2D eigenvalue weighted by atomic mass is 9.83. The fourth-order valence-electron chi connectivity index (χ4n) is 5.01. The van der Waals surface area contributed by atoms with E-state index in [2.05, 4.69) is 16.5 Å². The first-order valence-electron chi connectivity index (χ1n) is 11.5. The Labute approximate surface area is 223 Å². The average molecular weight is 575 g/mol. The molecule has 1 atom stereocenters. The number of carbonyl (C=O) groups is 1. The Morgan fingerprint density at radius 2 is 1.84 bits per heavy atom. The highest BCUT2D eigenvalue weighted by atomic mass is 35.5. The third kappa shape index (κ3) is 4.53. The van der Waals surface area contributed by atoms with Gasteiger partial charge in [0.15, 0.2) is 5.82 Å². The van der Waals surface area contributed by atoms with Gasteiger partial charge in [0.25, 0.3) is 11.5 Å². The van der Waals surface area contributed by atoms with Crippen LogP contribution in [0.3, 0.4) is 0 Å². The molecule has 1 aliphatic carbocycles. The number of fused-ring (bicyclic) bond motifs is 1. The molecule has 13 heteroatoms.